The van der Waals surface area contributed by atoms with Crippen molar-refractivity contribution in [1.82, 2.24) is 4.90 Å². The van der Waals surface area contributed by atoms with Gasteiger partial charge in [0, 0.05) is 36.8 Å². The molecule has 1 fully saturated rings. The van der Waals surface area contributed by atoms with Crippen molar-refractivity contribution in [2.45, 2.75) is 6.42 Å². The quantitative estimate of drug-likeness (QED) is 0.859. The molecule has 1 heterocycles. The SMILES string of the molecule is O=C(O)Cc1ccc(C(=O)N2CCN(c3cc(Cl)ccc3O)CC2)cc1. The molecule has 2 aromatic carbocycles. The smallest absolute Gasteiger partial charge is 0.307 e. The van der Waals surface area contributed by atoms with E-state index in [9.17, 15) is 14.7 Å². The third-order valence-corrected chi connectivity index (χ3v) is 4.64. The minimum absolute atomic E-state index is 0.0593. The molecule has 1 aliphatic rings. The predicted octanol–water partition coefficient (Wildman–Crippen LogP) is 2.64. The summed E-state index contributed by atoms with van der Waals surface area (Å²) < 4.78 is 0. The lowest BCUT2D eigenvalue weighted by Gasteiger charge is -2.36. The molecule has 0 aliphatic carbocycles. The number of carbonyl (C=O) groups is 2. The molecule has 0 bridgehead atoms. The molecular formula is C19H19ClN2O4. The van der Waals surface area contributed by atoms with Crippen molar-refractivity contribution in [3.63, 3.8) is 0 Å². The van der Waals surface area contributed by atoms with E-state index in [1.54, 1.807) is 47.4 Å². The Morgan fingerprint density at radius 2 is 1.65 bits per heavy atom. The number of aromatic hydroxyl groups is 1. The summed E-state index contributed by atoms with van der Waals surface area (Å²) in [5, 5.41) is 19.4. The highest BCUT2D eigenvalue weighted by Crippen LogP contribution is 2.31. The molecule has 0 atom stereocenters. The molecule has 0 radical (unpaired) electrons. The number of aliphatic carboxylic acids is 1. The summed E-state index contributed by atoms with van der Waals surface area (Å²) in [7, 11) is 0. The number of carboxylic acids is 1. The molecule has 2 aromatic rings. The lowest BCUT2D eigenvalue weighted by Crippen LogP contribution is -2.48. The molecule has 1 saturated heterocycles. The van der Waals surface area contributed by atoms with Crippen LogP contribution in [0.2, 0.25) is 5.02 Å². The molecule has 3 rings (SSSR count). The average molecular weight is 375 g/mol. The maximum absolute atomic E-state index is 12.6. The largest absolute Gasteiger partial charge is 0.506 e. The normalized spacial score (nSPS) is 14.3. The molecule has 1 aliphatic heterocycles. The number of carbonyl (C=O) groups excluding carboxylic acids is 1. The summed E-state index contributed by atoms with van der Waals surface area (Å²) in [5.74, 6) is -0.811. The first-order valence-corrected chi connectivity index (χ1v) is 8.65. The van der Waals surface area contributed by atoms with Crippen molar-refractivity contribution in [2.24, 2.45) is 0 Å². The molecule has 26 heavy (non-hydrogen) atoms. The highest BCUT2D eigenvalue weighted by molar-refractivity contribution is 6.30. The van der Waals surface area contributed by atoms with Crippen LogP contribution in [0.4, 0.5) is 5.69 Å². The summed E-state index contributed by atoms with van der Waals surface area (Å²) in [5.41, 5.74) is 1.87. The standard InChI is InChI=1S/C19H19ClN2O4/c20-15-5-6-17(23)16(12-15)21-7-9-22(10-8-21)19(26)14-3-1-13(2-4-14)11-18(24)25/h1-6,12,23H,7-11H2,(H,24,25). The number of amides is 1. The van der Waals surface area contributed by atoms with Crippen molar-refractivity contribution in [1.29, 1.82) is 0 Å². The second-order valence-corrected chi connectivity index (χ2v) is 6.62. The van der Waals surface area contributed by atoms with Gasteiger partial charge in [0.1, 0.15) is 5.75 Å². The fourth-order valence-corrected chi connectivity index (χ4v) is 3.19. The Kier molecular flexibility index (Phi) is 5.32. The zero-order valence-corrected chi connectivity index (χ0v) is 14.8. The number of rotatable bonds is 4. The highest BCUT2D eigenvalue weighted by Gasteiger charge is 2.23. The average Bonchev–Trinajstić information content (AvgIpc) is 2.63. The van der Waals surface area contributed by atoms with Gasteiger partial charge >= 0.3 is 5.97 Å². The number of carboxylic acid groups (broad SMARTS) is 1. The maximum atomic E-state index is 12.6. The molecular weight excluding hydrogens is 356 g/mol. The number of phenols is 1. The molecule has 0 aromatic heterocycles. The molecule has 6 nitrogen and oxygen atoms in total. The number of anilines is 1. The Bertz CT molecular complexity index is 815. The lowest BCUT2D eigenvalue weighted by molar-refractivity contribution is -0.136. The van der Waals surface area contributed by atoms with Gasteiger partial charge in [-0.3, -0.25) is 9.59 Å². The van der Waals surface area contributed by atoms with Crippen LogP contribution < -0.4 is 4.90 Å². The summed E-state index contributed by atoms with van der Waals surface area (Å²) >= 11 is 6.00. The van der Waals surface area contributed by atoms with Gasteiger partial charge in [0.05, 0.1) is 12.1 Å². The van der Waals surface area contributed by atoms with Crippen LogP contribution in [0.1, 0.15) is 15.9 Å². The first kappa shape index (κ1) is 18.1. The topological polar surface area (TPSA) is 81.1 Å². The van der Waals surface area contributed by atoms with Gasteiger partial charge in [-0.25, -0.2) is 0 Å². The number of halogens is 1. The van der Waals surface area contributed by atoms with Gasteiger partial charge in [0.25, 0.3) is 5.91 Å². The number of hydrogen-bond acceptors (Lipinski definition) is 4. The molecule has 136 valence electrons. The number of benzene rings is 2. The van der Waals surface area contributed by atoms with Crippen LogP contribution in [0.25, 0.3) is 0 Å². The van der Waals surface area contributed by atoms with Crippen LogP contribution in [0.5, 0.6) is 5.75 Å². The van der Waals surface area contributed by atoms with Gasteiger partial charge in [-0.05, 0) is 35.9 Å². The van der Waals surface area contributed by atoms with Crippen LogP contribution >= 0.6 is 11.6 Å². The van der Waals surface area contributed by atoms with Crippen molar-refractivity contribution >= 4 is 29.2 Å². The van der Waals surface area contributed by atoms with E-state index in [2.05, 4.69) is 0 Å². The fourth-order valence-electron chi connectivity index (χ4n) is 3.02. The van der Waals surface area contributed by atoms with Gasteiger partial charge in [-0.1, -0.05) is 23.7 Å². The first-order valence-electron chi connectivity index (χ1n) is 8.27. The van der Waals surface area contributed by atoms with E-state index in [0.29, 0.717) is 48.0 Å². The van der Waals surface area contributed by atoms with Crippen molar-refractivity contribution in [2.75, 3.05) is 31.1 Å². The van der Waals surface area contributed by atoms with Gasteiger partial charge in [0.15, 0.2) is 0 Å². The summed E-state index contributed by atoms with van der Waals surface area (Å²) in [6.45, 7) is 2.25. The molecule has 0 unspecified atom stereocenters. The molecule has 0 spiro atoms. The van der Waals surface area contributed by atoms with E-state index >= 15 is 0 Å². The summed E-state index contributed by atoms with van der Waals surface area (Å²) in [6.07, 6.45) is -0.0593. The molecule has 0 saturated carbocycles. The van der Waals surface area contributed by atoms with Crippen LogP contribution in [-0.4, -0.2) is 53.2 Å². The Morgan fingerprint density at radius 3 is 2.27 bits per heavy atom. The van der Waals surface area contributed by atoms with Gasteiger partial charge in [0.2, 0.25) is 0 Å². The first-order chi connectivity index (χ1) is 12.4. The number of hydrogen-bond donors (Lipinski definition) is 2. The van der Waals surface area contributed by atoms with Crippen LogP contribution in [0.15, 0.2) is 42.5 Å². The van der Waals surface area contributed by atoms with Crippen molar-refractivity contribution in [3.8, 4) is 5.75 Å². The summed E-state index contributed by atoms with van der Waals surface area (Å²) in [6, 6.07) is 11.6. The fraction of sp³-hybridized carbons (Fsp3) is 0.263. The second kappa shape index (κ2) is 7.66. The lowest BCUT2D eigenvalue weighted by atomic mass is 10.1. The zero-order chi connectivity index (χ0) is 18.7. The molecule has 7 heteroatoms. The van der Waals surface area contributed by atoms with Crippen molar-refractivity contribution in [3.05, 3.63) is 58.6 Å². The monoisotopic (exact) mass is 374 g/mol. The van der Waals surface area contributed by atoms with E-state index in [-0.39, 0.29) is 18.1 Å². The Labute approximate surface area is 156 Å². The van der Waals surface area contributed by atoms with Crippen LogP contribution in [0, 0.1) is 0 Å². The molecule has 2 N–H and O–H groups in total. The third-order valence-electron chi connectivity index (χ3n) is 4.40. The van der Waals surface area contributed by atoms with Crippen LogP contribution in [-0.2, 0) is 11.2 Å². The van der Waals surface area contributed by atoms with Gasteiger partial charge in [-0.15, -0.1) is 0 Å². The molecule has 1 amide bonds. The van der Waals surface area contributed by atoms with E-state index < -0.39 is 5.97 Å². The van der Waals surface area contributed by atoms with E-state index in [4.69, 9.17) is 16.7 Å². The minimum atomic E-state index is -0.899. The van der Waals surface area contributed by atoms with Gasteiger partial charge < -0.3 is 20.0 Å². The predicted molar refractivity (Wildman–Crippen MR) is 99.0 cm³/mol. The Hall–Kier alpha value is -2.73. The minimum Gasteiger partial charge on any atom is -0.506 e. The van der Waals surface area contributed by atoms with E-state index in [1.165, 1.54) is 0 Å². The summed E-state index contributed by atoms with van der Waals surface area (Å²) in [4.78, 5) is 27.1. The maximum Gasteiger partial charge on any atom is 0.307 e. The van der Waals surface area contributed by atoms with Gasteiger partial charge in [-0.2, -0.15) is 0 Å². The number of phenolic OH excluding ortho intramolecular Hbond substituents is 1. The van der Waals surface area contributed by atoms with E-state index in [0.717, 1.165) is 0 Å². The van der Waals surface area contributed by atoms with E-state index in [1.807, 2.05) is 4.90 Å². The van der Waals surface area contributed by atoms with Crippen molar-refractivity contribution < 1.29 is 19.8 Å². The Balaban J connectivity index is 1.63. The number of piperazine rings is 1. The van der Waals surface area contributed by atoms with Crippen LogP contribution in [0.3, 0.4) is 0 Å². The zero-order valence-electron chi connectivity index (χ0n) is 14.1. The Morgan fingerprint density at radius 1 is 1.00 bits per heavy atom. The number of nitrogens with zero attached hydrogens (tertiary/aromatic N) is 2. The highest BCUT2D eigenvalue weighted by atomic mass is 35.5. The second-order valence-electron chi connectivity index (χ2n) is 6.18. The third kappa shape index (κ3) is 4.08.